The van der Waals surface area contributed by atoms with Gasteiger partial charge >= 0.3 is 0 Å². The smallest absolute Gasteiger partial charge is 0.120 e. The predicted octanol–water partition coefficient (Wildman–Crippen LogP) is 4.86. The Morgan fingerprint density at radius 3 is 2.96 bits per heavy atom. The topological polar surface area (TPSA) is 24.8 Å². The lowest BCUT2D eigenvalue weighted by atomic mass is 10.1. The van der Waals surface area contributed by atoms with Crippen molar-refractivity contribution in [1.82, 2.24) is 0 Å². The minimum absolute atomic E-state index is 0.500. The third kappa shape index (κ3) is 4.31. The highest BCUT2D eigenvalue weighted by molar-refractivity contribution is 6.31. The highest BCUT2D eigenvalue weighted by Crippen LogP contribution is 2.27. The first-order valence-electron chi connectivity index (χ1n) is 8.25. The number of fused-ring (bicyclic) bond motifs is 1. The average molecular weight is 353 g/mol. The van der Waals surface area contributed by atoms with Crippen LogP contribution in [0.25, 0.3) is 6.08 Å². The van der Waals surface area contributed by atoms with Crippen molar-refractivity contribution in [2.75, 3.05) is 31.6 Å². The van der Waals surface area contributed by atoms with E-state index in [1.165, 1.54) is 0 Å². The van der Waals surface area contributed by atoms with Crippen LogP contribution in [-0.2, 0) is 0 Å². The Bertz CT molecular complexity index is 826. The standard InChI is InChI=1S/C21H21ClN2O/c1-3-13-25-18-6-4-5-16(14-18)7-10-20-19-9-8-17(22)15-21(19)24(2)12-11-23-20/h3-10,14-15H,1,11-13H2,2H3. The number of aliphatic imine (C=N–C) groups is 1. The van der Waals surface area contributed by atoms with E-state index < -0.39 is 0 Å². The molecule has 0 N–H and O–H groups in total. The van der Waals surface area contributed by atoms with Crippen LogP contribution in [0.1, 0.15) is 11.1 Å². The molecule has 2 aromatic rings. The van der Waals surface area contributed by atoms with E-state index in [1.54, 1.807) is 6.08 Å². The SMILES string of the molecule is C=CCOc1cccc(C=CC2=NCCN(C)c3cc(Cl)ccc32)c1. The van der Waals surface area contributed by atoms with Crippen molar-refractivity contribution >= 4 is 29.1 Å². The summed E-state index contributed by atoms with van der Waals surface area (Å²) in [6.07, 6.45) is 5.85. The van der Waals surface area contributed by atoms with Crippen LogP contribution in [-0.4, -0.2) is 32.5 Å². The molecule has 1 heterocycles. The molecule has 3 rings (SSSR count). The van der Waals surface area contributed by atoms with Gasteiger partial charge in [0.2, 0.25) is 0 Å². The fraction of sp³-hybridized carbons (Fsp3) is 0.190. The number of hydrogen-bond donors (Lipinski definition) is 0. The molecule has 0 radical (unpaired) electrons. The molecular formula is C21H21ClN2O. The summed E-state index contributed by atoms with van der Waals surface area (Å²) in [5.41, 5.74) is 4.24. The highest BCUT2D eigenvalue weighted by atomic mass is 35.5. The monoisotopic (exact) mass is 352 g/mol. The van der Waals surface area contributed by atoms with Crippen molar-refractivity contribution in [3.8, 4) is 5.75 Å². The largest absolute Gasteiger partial charge is 0.490 e. The maximum atomic E-state index is 6.17. The lowest BCUT2D eigenvalue weighted by Gasteiger charge is -2.19. The van der Waals surface area contributed by atoms with Crippen molar-refractivity contribution in [3.05, 3.63) is 77.3 Å². The maximum Gasteiger partial charge on any atom is 0.120 e. The molecule has 0 atom stereocenters. The van der Waals surface area contributed by atoms with Gasteiger partial charge in [0.15, 0.2) is 0 Å². The van der Waals surface area contributed by atoms with E-state index in [2.05, 4.69) is 30.7 Å². The third-order valence-corrected chi connectivity index (χ3v) is 4.26. The Hall–Kier alpha value is -2.52. The van der Waals surface area contributed by atoms with E-state index in [0.29, 0.717) is 6.61 Å². The van der Waals surface area contributed by atoms with Gasteiger partial charge in [0.25, 0.3) is 0 Å². The molecule has 0 bridgehead atoms. The van der Waals surface area contributed by atoms with Gasteiger partial charge in [-0.05, 0) is 42.0 Å². The molecule has 0 spiro atoms. The second-order valence-corrected chi connectivity index (χ2v) is 6.29. The molecule has 0 amide bonds. The summed E-state index contributed by atoms with van der Waals surface area (Å²) in [5, 5.41) is 0.739. The summed E-state index contributed by atoms with van der Waals surface area (Å²) < 4.78 is 5.59. The molecule has 0 unspecified atom stereocenters. The summed E-state index contributed by atoms with van der Waals surface area (Å²) in [6, 6.07) is 13.9. The summed E-state index contributed by atoms with van der Waals surface area (Å²) in [6.45, 7) is 5.80. The molecule has 25 heavy (non-hydrogen) atoms. The summed E-state index contributed by atoms with van der Waals surface area (Å²) in [4.78, 5) is 6.92. The van der Waals surface area contributed by atoms with Gasteiger partial charge in [0, 0.05) is 29.9 Å². The first-order valence-corrected chi connectivity index (χ1v) is 8.62. The molecule has 3 nitrogen and oxygen atoms in total. The number of likely N-dealkylation sites (N-methyl/N-ethyl adjacent to an activating group) is 1. The van der Waals surface area contributed by atoms with Gasteiger partial charge in [0.1, 0.15) is 12.4 Å². The Kier molecular flexibility index (Phi) is 5.56. The second kappa shape index (κ2) is 8.04. The normalized spacial score (nSPS) is 14.0. The fourth-order valence-corrected chi connectivity index (χ4v) is 2.91. The zero-order valence-corrected chi connectivity index (χ0v) is 15.0. The first kappa shape index (κ1) is 17.3. The van der Waals surface area contributed by atoms with Crippen LogP contribution in [0.15, 0.2) is 66.2 Å². The number of benzene rings is 2. The minimum Gasteiger partial charge on any atom is -0.490 e. The number of ether oxygens (including phenoxy) is 1. The summed E-state index contributed by atoms with van der Waals surface area (Å²) in [5.74, 6) is 0.830. The quantitative estimate of drug-likeness (QED) is 0.718. The van der Waals surface area contributed by atoms with Gasteiger partial charge in [-0.1, -0.05) is 42.5 Å². The zero-order valence-electron chi connectivity index (χ0n) is 14.3. The maximum absolute atomic E-state index is 6.17. The molecular weight excluding hydrogens is 332 g/mol. The Balaban J connectivity index is 1.87. The Morgan fingerprint density at radius 2 is 2.12 bits per heavy atom. The summed E-state index contributed by atoms with van der Waals surface area (Å²) in [7, 11) is 2.07. The van der Waals surface area contributed by atoms with E-state index in [1.807, 2.05) is 42.5 Å². The summed E-state index contributed by atoms with van der Waals surface area (Å²) >= 11 is 6.17. The zero-order chi connectivity index (χ0) is 17.6. The van der Waals surface area contributed by atoms with Crippen LogP contribution in [0.5, 0.6) is 5.75 Å². The van der Waals surface area contributed by atoms with Crippen molar-refractivity contribution in [1.29, 1.82) is 0 Å². The molecule has 128 valence electrons. The molecule has 1 aliphatic rings. The van der Waals surface area contributed by atoms with E-state index in [9.17, 15) is 0 Å². The van der Waals surface area contributed by atoms with Crippen molar-refractivity contribution < 1.29 is 4.74 Å². The van der Waals surface area contributed by atoms with Gasteiger partial charge in [-0.15, -0.1) is 0 Å². The second-order valence-electron chi connectivity index (χ2n) is 5.86. The van der Waals surface area contributed by atoms with E-state index in [0.717, 1.165) is 46.4 Å². The molecule has 0 fully saturated rings. The molecule has 0 aromatic heterocycles. The van der Waals surface area contributed by atoms with E-state index in [-0.39, 0.29) is 0 Å². The van der Waals surface area contributed by atoms with Gasteiger partial charge < -0.3 is 9.64 Å². The van der Waals surface area contributed by atoms with E-state index >= 15 is 0 Å². The number of nitrogens with zero attached hydrogens (tertiary/aromatic N) is 2. The Morgan fingerprint density at radius 1 is 1.24 bits per heavy atom. The molecule has 0 aliphatic carbocycles. The van der Waals surface area contributed by atoms with Crippen LogP contribution < -0.4 is 9.64 Å². The van der Waals surface area contributed by atoms with Gasteiger partial charge in [-0.3, -0.25) is 4.99 Å². The van der Waals surface area contributed by atoms with Crippen LogP contribution in [0, 0.1) is 0 Å². The molecule has 1 aliphatic heterocycles. The van der Waals surface area contributed by atoms with Crippen LogP contribution in [0.3, 0.4) is 0 Å². The number of benzodiazepines with no additional fused rings is 1. The molecule has 0 saturated heterocycles. The van der Waals surface area contributed by atoms with Gasteiger partial charge in [0.05, 0.1) is 12.3 Å². The van der Waals surface area contributed by atoms with Crippen LogP contribution in [0.4, 0.5) is 5.69 Å². The highest BCUT2D eigenvalue weighted by Gasteiger charge is 2.14. The number of hydrogen-bond acceptors (Lipinski definition) is 3. The molecule has 2 aromatic carbocycles. The number of halogens is 1. The minimum atomic E-state index is 0.500. The Labute approximate surface area is 153 Å². The average Bonchev–Trinajstić information content (AvgIpc) is 2.77. The third-order valence-electron chi connectivity index (χ3n) is 4.02. The number of anilines is 1. The lowest BCUT2D eigenvalue weighted by Crippen LogP contribution is -2.20. The number of allylic oxidation sites excluding steroid dienone is 1. The van der Waals surface area contributed by atoms with Crippen LogP contribution in [0.2, 0.25) is 5.02 Å². The van der Waals surface area contributed by atoms with Crippen molar-refractivity contribution in [2.24, 2.45) is 4.99 Å². The predicted molar refractivity (Wildman–Crippen MR) is 107 cm³/mol. The van der Waals surface area contributed by atoms with Crippen LogP contribution >= 0.6 is 11.6 Å². The first-order chi connectivity index (χ1) is 12.2. The van der Waals surface area contributed by atoms with Crippen molar-refractivity contribution in [3.63, 3.8) is 0 Å². The van der Waals surface area contributed by atoms with Gasteiger partial charge in [-0.2, -0.15) is 0 Å². The number of rotatable bonds is 5. The lowest BCUT2D eigenvalue weighted by molar-refractivity contribution is 0.363. The van der Waals surface area contributed by atoms with Crippen molar-refractivity contribution in [2.45, 2.75) is 0 Å². The molecule has 4 heteroatoms. The molecule has 0 saturated carbocycles. The van der Waals surface area contributed by atoms with Gasteiger partial charge in [-0.25, -0.2) is 0 Å². The fourth-order valence-electron chi connectivity index (χ4n) is 2.74. The van der Waals surface area contributed by atoms with E-state index in [4.69, 9.17) is 21.3 Å².